The molecule has 1 aromatic carbocycles. The molecule has 5 nitrogen and oxygen atoms in total. The van der Waals surface area contributed by atoms with Crippen LogP contribution in [0.5, 0.6) is 0 Å². The smallest absolute Gasteiger partial charge is 0.279 e. The van der Waals surface area contributed by atoms with Crippen molar-refractivity contribution in [3.8, 4) is 0 Å². The van der Waals surface area contributed by atoms with Crippen molar-refractivity contribution in [1.82, 2.24) is 5.32 Å². The van der Waals surface area contributed by atoms with Crippen molar-refractivity contribution in [3.05, 3.63) is 29.3 Å². The van der Waals surface area contributed by atoms with Crippen LogP contribution in [0.1, 0.15) is 32.1 Å². The monoisotopic (exact) mass is 322 g/mol. The van der Waals surface area contributed by atoms with E-state index in [2.05, 4.69) is 16.0 Å². The van der Waals surface area contributed by atoms with Crippen LogP contribution in [-0.2, 0) is 9.59 Å². The minimum atomic E-state index is -0.327. The molecule has 6 heteroatoms. The number of nitrogens with one attached hydrogen (secondary N) is 2. The summed E-state index contributed by atoms with van der Waals surface area (Å²) < 4.78 is 0. The van der Waals surface area contributed by atoms with Gasteiger partial charge >= 0.3 is 0 Å². The summed E-state index contributed by atoms with van der Waals surface area (Å²) in [6, 6.07) is 7.32. The van der Waals surface area contributed by atoms with E-state index in [4.69, 9.17) is 11.6 Å². The van der Waals surface area contributed by atoms with Gasteiger partial charge in [-0.15, -0.1) is 0 Å². The fourth-order valence-corrected chi connectivity index (χ4v) is 3.48. The van der Waals surface area contributed by atoms with Crippen molar-refractivity contribution in [1.29, 1.82) is 0 Å². The van der Waals surface area contributed by atoms with Crippen LogP contribution in [0.4, 0.5) is 5.69 Å². The number of quaternary nitrogens is 1. The van der Waals surface area contributed by atoms with Gasteiger partial charge < -0.3 is 16.0 Å². The third kappa shape index (κ3) is 3.59. The summed E-state index contributed by atoms with van der Waals surface area (Å²) in [5.41, 5.74) is 0.696. The Balaban J connectivity index is 1.56. The Kier molecular flexibility index (Phi) is 4.64. The number of anilines is 1. The third-order valence-electron chi connectivity index (χ3n) is 4.50. The predicted molar refractivity (Wildman–Crippen MR) is 84.6 cm³/mol. The van der Waals surface area contributed by atoms with Gasteiger partial charge in [0.15, 0.2) is 6.04 Å². The first kappa shape index (κ1) is 15.3. The van der Waals surface area contributed by atoms with E-state index in [1.165, 1.54) is 12.8 Å². The zero-order valence-electron chi connectivity index (χ0n) is 12.3. The molecule has 3 rings (SSSR count). The van der Waals surface area contributed by atoms with Gasteiger partial charge in [-0.3, -0.25) is 9.59 Å². The predicted octanol–water partition coefficient (Wildman–Crippen LogP) is 1.04. The average Bonchev–Trinajstić information content (AvgIpc) is 2.50. The SMILES string of the molecule is O=C(C[C@H]1[NH2+][C@H]2CCCC[C@H]2NC1=O)Nc1ccc(Cl)cc1. The Bertz CT molecular complexity index is 561. The van der Waals surface area contributed by atoms with E-state index in [1.807, 2.05) is 0 Å². The van der Waals surface area contributed by atoms with Crippen LogP contribution in [0.2, 0.25) is 5.02 Å². The Hall–Kier alpha value is -1.59. The topological polar surface area (TPSA) is 74.8 Å². The normalized spacial score (nSPS) is 27.7. The number of piperazine rings is 1. The van der Waals surface area contributed by atoms with Crippen molar-refractivity contribution in [3.63, 3.8) is 0 Å². The Labute approximate surface area is 134 Å². The standard InChI is InChI=1S/C16H20ClN3O2/c17-10-5-7-11(8-6-10)18-15(21)9-14-16(22)20-13-4-2-1-3-12(13)19-14/h5-8,12-14,19H,1-4,9H2,(H,18,21)(H,20,22)/p+1/t12-,13+,14+/m0/s1. The molecule has 1 saturated carbocycles. The Morgan fingerprint density at radius 3 is 2.77 bits per heavy atom. The van der Waals surface area contributed by atoms with E-state index in [9.17, 15) is 9.59 Å². The third-order valence-corrected chi connectivity index (χ3v) is 4.75. The maximum Gasteiger partial charge on any atom is 0.279 e. The number of hydrogen-bond donors (Lipinski definition) is 3. The lowest BCUT2D eigenvalue weighted by atomic mass is 9.87. The first-order chi connectivity index (χ1) is 10.6. The molecule has 2 aliphatic rings. The molecule has 3 atom stereocenters. The van der Waals surface area contributed by atoms with Gasteiger partial charge in [-0.25, -0.2) is 0 Å². The van der Waals surface area contributed by atoms with Gasteiger partial charge in [0.1, 0.15) is 6.04 Å². The molecule has 0 radical (unpaired) electrons. The molecule has 0 spiro atoms. The van der Waals surface area contributed by atoms with Crippen molar-refractivity contribution in [2.45, 2.75) is 50.2 Å². The lowest BCUT2D eigenvalue weighted by Crippen LogP contribution is -3.03. The number of benzene rings is 1. The van der Waals surface area contributed by atoms with E-state index < -0.39 is 0 Å². The fourth-order valence-electron chi connectivity index (χ4n) is 3.35. The maximum atomic E-state index is 12.1. The molecular formula is C16H21ClN3O2+. The fraction of sp³-hybridized carbons (Fsp3) is 0.500. The molecule has 1 saturated heterocycles. The minimum absolute atomic E-state index is 0.0191. The van der Waals surface area contributed by atoms with Crippen LogP contribution in [0, 0.1) is 0 Å². The highest BCUT2D eigenvalue weighted by molar-refractivity contribution is 6.30. The first-order valence-corrected chi connectivity index (χ1v) is 8.20. The van der Waals surface area contributed by atoms with Gasteiger partial charge in [-0.1, -0.05) is 18.0 Å². The Morgan fingerprint density at radius 1 is 1.27 bits per heavy atom. The zero-order valence-corrected chi connectivity index (χ0v) is 13.1. The molecule has 1 aromatic rings. The summed E-state index contributed by atoms with van der Waals surface area (Å²) in [4.78, 5) is 24.3. The number of fused-ring (bicyclic) bond motifs is 1. The van der Waals surface area contributed by atoms with Gasteiger partial charge in [0.25, 0.3) is 5.91 Å². The zero-order chi connectivity index (χ0) is 15.5. The van der Waals surface area contributed by atoms with E-state index >= 15 is 0 Å². The quantitative estimate of drug-likeness (QED) is 0.778. The maximum absolute atomic E-state index is 12.1. The van der Waals surface area contributed by atoms with Crippen LogP contribution in [0.3, 0.4) is 0 Å². The number of halogens is 1. The number of amides is 2. The summed E-state index contributed by atoms with van der Waals surface area (Å²) in [5, 5.41) is 8.60. The van der Waals surface area contributed by atoms with E-state index in [0.717, 1.165) is 12.8 Å². The van der Waals surface area contributed by atoms with E-state index in [-0.39, 0.29) is 30.3 Å². The van der Waals surface area contributed by atoms with Crippen LogP contribution in [0.25, 0.3) is 0 Å². The number of hydrogen-bond acceptors (Lipinski definition) is 2. The van der Waals surface area contributed by atoms with Gasteiger partial charge in [0, 0.05) is 17.1 Å². The summed E-state index contributed by atoms with van der Waals surface area (Å²) in [7, 11) is 0. The van der Waals surface area contributed by atoms with Gasteiger partial charge in [0.2, 0.25) is 5.91 Å². The van der Waals surface area contributed by atoms with Crippen LogP contribution in [0.15, 0.2) is 24.3 Å². The van der Waals surface area contributed by atoms with Crippen molar-refractivity contribution in [2.75, 3.05) is 5.32 Å². The summed E-state index contributed by atoms with van der Waals surface area (Å²) in [6.45, 7) is 0. The van der Waals surface area contributed by atoms with Gasteiger partial charge in [0.05, 0.1) is 12.5 Å². The number of carbonyl (C=O) groups excluding carboxylic acids is 2. The molecular weight excluding hydrogens is 302 g/mol. The number of nitrogens with two attached hydrogens (primary N) is 1. The molecule has 1 heterocycles. The molecule has 2 fully saturated rings. The molecule has 1 aliphatic carbocycles. The first-order valence-electron chi connectivity index (χ1n) is 7.82. The summed E-state index contributed by atoms with van der Waals surface area (Å²) in [5.74, 6) is -0.164. The van der Waals surface area contributed by atoms with Crippen LogP contribution in [-0.4, -0.2) is 29.9 Å². The second-order valence-corrected chi connectivity index (χ2v) is 6.56. The molecule has 2 amide bonds. The average molecular weight is 323 g/mol. The van der Waals surface area contributed by atoms with Gasteiger partial charge in [-0.2, -0.15) is 0 Å². The molecule has 22 heavy (non-hydrogen) atoms. The Morgan fingerprint density at radius 2 is 2.00 bits per heavy atom. The van der Waals surface area contributed by atoms with Crippen molar-refractivity contribution < 1.29 is 14.9 Å². The lowest BCUT2D eigenvalue weighted by molar-refractivity contribution is -0.718. The molecule has 4 N–H and O–H groups in total. The molecule has 1 aliphatic heterocycles. The number of rotatable bonds is 3. The highest BCUT2D eigenvalue weighted by Gasteiger charge is 2.40. The van der Waals surface area contributed by atoms with Crippen LogP contribution < -0.4 is 16.0 Å². The second-order valence-electron chi connectivity index (χ2n) is 6.12. The molecule has 0 unspecified atom stereocenters. The van der Waals surface area contributed by atoms with Crippen molar-refractivity contribution in [2.24, 2.45) is 0 Å². The highest BCUT2D eigenvalue weighted by Crippen LogP contribution is 2.19. The molecule has 118 valence electrons. The van der Waals surface area contributed by atoms with Crippen LogP contribution >= 0.6 is 11.6 Å². The largest absolute Gasteiger partial charge is 0.342 e. The van der Waals surface area contributed by atoms with Gasteiger partial charge in [-0.05, 0) is 37.1 Å². The number of carbonyl (C=O) groups is 2. The summed E-state index contributed by atoms with van der Waals surface area (Å²) in [6.07, 6.45) is 4.74. The summed E-state index contributed by atoms with van der Waals surface area (Å²) >= 11 is 5.82. The molecule has 0 bridgehead atoms. The van der Waals surface area contributed by atoms with E-state index in [1.54, 1.807) is 24.3 Å². The second kappa shape index (κ2) is 6.67. The minimum Gasteiger partial charge on any atom is -0.342 e. The lowest BCUT2D eigenvalue weighted by Gasteiger charge is -2.37. The molecule has 0 aromatic heterocycles. The highest BCUT2D eigenvalue weighted by atomic mass is 35.5. The van der Waals surface area contributed by atoms with Crippen molar-refractivity contribution >= 4 is 29.1 Å². The van der Waals surface area contributed by atoms with E-state index in [0.29, 0.717) is 16.8 Å².